The van der Waals surface area contributed by atoms with Crippen molar-refractivity contribution < 1.29 is 19.4 Å². The predicted octanol–water partition coefficient (Wildman–Crippen LogP) is 1.47. The third-order valence-electron chi connectivity index (χ3n) is 7.30. The smallest absolute Gasteiger partial charge is 0.224 e. The second-order valence-corrected chi connectivity index (χ2v) is 8.66. The molecule has 1 saturated heterocycles. The molecule has 0 radical (unpaired) electrons. The number of nitrogens with zero attached hydrogens (tertiary/aromatic N) is 2. The Labute approximate surface area is 164 Å². The molecule has 1 aliphatic carbocycles. The van der Waals surface area contributed by atoms with Gasteiger partial charge in [-0.15, -0.1) is 0 Å². The van der Waals surface area contributed by atoms with Gasteiger partial charge in [0.15, 0.2) is 5.78 Å². The van der Waals surface area contributed by atoms with Crippen LogP contribution >= 0.6 is 0 Å². The number of benzene rings is 1. The third-order valence-corrected chi connectivity index (χ3v) is 7.30. The Morgan fingerprint density at radius 3 is 2.82 bits per heavy atom. The highest BCUT2D eigenvalue weighted by Crippen LogP contribution is 2.58. The summed E-state index contributed by atoms with van der Waals surface area (Å²) in [7, 11) is 2.00. The summed E-state index contributed by atoms with van der Waals surface area (Å²) >= 11 is 0. The number of fused-ring (bicyclic) bond motifs is 3. The predicted molar refractivity (Wildman–Crippen MR) is 104 cm³/mol. The number of aliphatic hydroxyl groups is 1. The van der Waals surface area contributed by atoms with E-state index in [2.05, 4.69) is 4.90 Å². The van der Waals surface area contributed by atoms with Crippen molar-refractivity contribution in [1.29, 1.82) is 0 Å². The minimum atomic E-state index is -1.08. The molecule has 6 atom stereocenters. The summed E-state index contributed by atoms with van der Waals surface area (Å²) in [6.45, 7) is 4.64. The summed E-state index contributed by atoms with van der Waals surface area (Å²) in [5, 5.41) is 11.2. The molecule has 6 nitrogen and oxygen atoms in total. The fourth-order valence-electron chi connectivity index (χ4n) is 6.16. The van der Waals surface area contributed by atoms with Crippen molar-refractivity contribution in [2.75, 3.05) is 25.1 Å². The van der Waals surface area contributed by atoms with Gasteiger partial charge in [-0.2, -0.15) is 0 Å². The summed E-state index contributed by atoms with van der Waals surface area (Å²) in [5.41, 5.74) is 1.72. The van der Waals surface area contributed by atoms with Gasteiger partial charge in [-0.1, -0.05) is 18.2 Å². The maximum Gasteiger partial charge on any atom is 0.224 e. The topological polar surface area (TPSA) is 70.1 Å². The number of carbonyl (C=O) groups is 2. The second kappa shape index (κ2) is 5.91. The average molecular weight is 382 g/mol. The molecule has 0 aromatic heterocycles. The molecule has 3 heterocycles. The molecular formula is C22H26N2O4. The van der Waals surface area contributed by atoms with Crippen LogP contribution in [0.15, 0.2) is 36.0 Å². The summed E-state index contributed by atoms with van der Waals surface area (Å²) in [6.07, 6.45) is 1.37. The number of amides is 1. The number of aliphatic hydroxyl groups excluding tert-OH is 1. The molecule has 1 aromatic rings. The maximum atomic E-state index is 13.8. The molecule has 2 fully saturated rings. The van der Waals surface area contributed by atoms with Gasteiger partial charge in [0, 0.05) is 44.2 Å². The van der Waals surface area contributed by atoms with E-state index >= 15 is 0 Å². The van der Waals surface area contributed by atoms with E-state index in [9.17, 15) is 14.7 Å². The highest BCUT2D eigenvalue weighted by molar-refractivity contribution is 6.06. The van der Waals surface area contributed by atoms with Crippen molar-refractivity contribution in [1.82, 2.24) is 4.90 Å². The van der Waals surface area contributed by atoms with E-state index in [0.29, 0.717) is 19.6 Å². The van der Waals surface area contributed by atoms with Gasteiger partial charge >= 0.3 is 0 Å². The molecule has 6 heteroatoms. The van der Waals surface area contributed by atoms with Gasteiger partial charge in [-0.05, 0) is 30.5 Å². The highest BCUT2D eigenvalue weighted by atomic mass is 16.5. The van der Waals surface area contributed by atoms with Crippen LogP contribution in [0.1, 0.15) is 25.8 Å². The number of ketones is 1. The SMILES string of the molecule is CC(=O)N1c2ccccc2C23CCN(C)/C=C4/C(C)OCC(C4C(O)C2=O)C13. The maximum absolute atomic E-state index is 13.8. The van der Waals surface area contributed by atoms with E-state index in [0.717, 1.165) is 16.8 Å². The first kappa shape index (κ1) is 17.9. The molecule has 4 aliphatic rings. The van der Waals surface area contributed by atoms with E-state index in [1.807, 2.05) is 44.4 Å². The molecule has 148 valence electrons. The van der Waals surface area contributed by atoms with Crippen LogP contribution in [-0.2, 0) is 19.7 Å². The van der Waals surface area contributed by atoms with Gasteiger partial charge in [-0.25, -0.2) is 0 Å². The normalized spacial score (nSPS) is 40.8. The molecular weight excluding hydrogens is 356 g/mol. The highest BCUT2D eigenvalue weighted by Gasteiger charge is 2.67. The number of hydrogen-bond acceptors (Lipinski definition) is 5. The summed E-state index contributed by atoms with van der Waals surface area (Å²) < 4.78 is 6.10. The van der Waals surface area contributed by atoms with Crippen LogP contribution in [0.5, 0.6) is 0 Å². The third kappa shape index (κ3) is 2.05. The fourth-order valence-corrected chi connectivity index (χ4v) is 6.16. The van der Waals surface area contributed by atoms with Gasteiger partial charge in [0.1, 0.15) is 6.10 Å². The zero-order valence-corrected chi connectivity index (χ0v) is 16.5. The van der Waals surface area contributed by atoms with Crippen LogP contribution < -0.4 is 4.90 Å². The van der Waals surface area contributed by atoms with E-state index in [-0.39, 0.29) is 35.7 Å². The van der Waals surface area contributed by atoms with Gasteiger partial charge in [0.25, 0.3) is 0 Å². The average Bonchev–Trinajstić information content (AvgIpc) is 3.00. The van der Waals surface area contributed by atoms with Crippen LogP contribution in [0.2, 0.25) is 0 Å². The first-order valence-corrected chi connectivity index (χ1v) is 10.0. The van der Waals surface area contributed by atoms with Gasteiger partial charge < -0.3 is 19.6 Å². The van der Waals surface area contributed by atoms with Gasteiger partial charge in [-0.3, -0.25) is 9.59 Å². The van der Waals surface area contributed by atoms with Crippen LogP contribution in [0, 0.1) is 11.8 Å². The summed E-state index contributed by atoms with van der Waals surface area (Å²) in [4.78, 5) is 30.5. The van der Waals surface area contributed by atoms with Crippen LogP contribution in [0.3, 0.4) is 0 Å². The summed E-state index contributed by atoms with van der Waals surface area (Å²) in [5.74, 6) is -0.673. The Kier molecular flexibility index (Phi) is 3.77. The first-order chi connectivity index (χ1) is 13.4. The molecule has 1 spiro atoms. The molecule has 1 aromatic carbocycles. The number of Topliss-reactive ketones (excluding diaryl/α,β-unsaturated/α-hetero) is 1. The molecule has 5 rings (SSSR count). The molecule has 6 unspecified atom stereocenters. The lowest BCUT2D eigenvalue weighted by atomic mass is 9.55. The van der Waals surface area contributed by atoms with Crippen molar-refractivity contribution >= 4 is 17.4 Å². The molecule has 2 bridgehead atoms. The zero-order valence-electron chi connectivity index (χ0n) is 16.5. The zero-order chi connectivity index (χ0) is 19.8. The Morgan fingerprint density at radius 2 is 2.07 bits per heavy atom. The monoisotopic (exact) mass is 382 g/mol. The van der Waals surface area contributed by atoms with Crippen molar-refractivity contribution in [3.8, 4) is 0 Å². The lowest BCUT2D eigenvalue weighted by molar-refractivity contribution is -0.150. The van der Waals surface area contributed by atoms with E-state index in [1.165, 1.54) is 0 Å². The van der Waals surface area contributed by atoms with Crippen LogP contribution in [0.25, 0.3) is 0 Å². The van der Waals surface area contributed by atoms with Crippen LogP contribution in [0.4, 0.5) is 5.69 Å². The molecule has 1 amide bonds. The molecule has 1 saturated carbocycles. The van der Waals surface area contributed by atoms with Crippen molar-refractivity contribution in [3.63, 3.8) is 0 Å². The van der Waals surface area contributed by atoms with Crippen molar-refractivity contribution in [3.05, 3.63) is 41.6 Å². The van der Waals surface area contributed by atoms with Gasteiger partial charge in [0.05, 0.1) is 24.2 Å². The Balaban J connectivity index is 1.81. The van der Waals surface area contributed by atoms with E-state index in [1.54, 1.807) is 11.8 Å². The second-order valence-electron chi connectivity index (χ2n) is 8.66. The number of carbonyl (C=O) groups excluding carboxylic acids is 2. The number of anilines is 1. The lowest BCUT2D eigenvalue weighted by Gasteiger charge is -2.53. The quantitative estimate of drug-likeness (QED) is 0.736. The number of ether oxygens (including phenoxy) is 1. The molecule has 28 heavy (non-hydrogen) atoms. The number of para-hydroxylation sites is 1. The van der Waals surface area contributed by atoms with E-state index in [4.69, 9.17) is 4.74 Å². The minimum Gasteiger partial charge on any atom is -0.385 e. The number of rotatable bonds is 0. The first-order valence-electron chi connectivity index (χ1n) is 10.0. The largest absolute Gasteiger partial charge is 0.385 e. The Bertz CT molecular complexity index is 896. The Hall–Kier alpha value is -2.18. The standard InChI is InChI=1S/C22H26N2O4/c1-12-14-10-23(3)9-8-22-16-6-4-5-7-17(16)24(13(2)25)20(22)15(11-28-12)18(14)19(26)21(22)27/h4-7,10,12,15,18-20,26H,8-9,11H2,1-3H3/b14-10-. The Morgan fingerprint density at radius 1 is 1.32 bits per heavy atom. The summed E-state index contributed by atoms with van der Waals surface area (Å²) in [6, 6.07) is 7.37. The van der Waals surface area contributed by atoms with Crippen LogP contribution in [-0.4, -0.2) is 60.1 Å². The number of hydrogen-bond donors (Lipinski definition) is 1. The van der Waals surface area contributed by atoms with Crippen molar-refractivity contribution in [2.45, 2.75) is 43.9 Å². The van der Waals surface area contributed by atoms with Gasteiger partial charge in [0.2, 0.25) is 5.91 Å². The minimum absolute atomic E-state index is 0.0704. The lowest BCUT2D eigenvalue weighted by Crippen LogP contribution is -2.67. The van der Waals surface area contributed by atoms with E-state index < -0.39 is 11.5 Å². The molecule has 3 aliphatic heterocycles. The fraction of sp³-hybridized carbons (Fsp3) is 0.545. The van der Waals surface area contributed by atoms with Crippen molar-refractivity contribution in [2.24, 2.45) is 11.8 Å². The molecule has 1 N–H and O–H groups in total.